The SMILES string of the molecule is CC(O)c1c(F)cccc1N1CCN(C)C(=O)C1. The van der Waals surface area contributed by atoms with Crippen LogP contribution in [0.5, 0.6) is 0 Å². The van der Waals surface area contributed by atoms with E-state index in [0.29, 0.717) is 18.8 Å². The molecule has 4 nitrogen and oxygen atoms in total. The topological polar surface area (TPSA) is 43.8 Å². The normalized spacial score (nSPS) is 18.1. The molecule has 1 aliphatic heterocycles. The fourth-order valence-electron chi connectivity index (χ4n) is 2.18. The predicted molar refractivity (Wildman–Crippen MR) is 66.9 cm³/mol. The molecule has 0 bridgehead atoms. The van der Waals surface area contributed by atoms with Crippen molar-refractivity contribution in [2.24, 2.45) is 0 Å². The molecule has 1 aromatic rings. The third kappa shape index (κ3) is 2.31. The number of nitrogens with zero attached hydrogens (tertiary/aromatic N) is 2. The van der Waals surface area contributed by atoms with Crippen molar-refractivity contribution in [3.05, 3.63) is 29.6 Å². The number of carbonyl (C=O) groups is 1. The van der Waals surface area contributed by atoms with Crippen molar-refractivity contribution >= 4 is 11.6 Å². The number of piperazine rings is 1. The second-order valence-electron chi connectivity index (χ2n) is 4.59. The van der Waals surface area contributed by atoms with E-state index < -0.39 is 11.9 Å². The van der Waals surface area contributed by atoms with Crippen LogP contribution in [-0.2, 0) is 4.79 Å². The lowest BCUT2D eigenvalue weighted by atomic mass is 10.1. The Hall–Kier alpha value is -1.62. The van der Waals surface area contributed by atoms with E-state index in [4.69, 9.17) is 0 Å². The Balaban J connectivity index is 2.34. The zero-order valence-corrected chi connectivity index (χ0v) is 10.6. The van der Waals surface area contributed by atoms with E-state index in [2.05, 4.69) is 0 Å². The minimum Gasteiger partial charge on any atom is -0.389 e. The van der Waals surface area contributed by atoms with Crippen LogP contribution in [0.25, 0.3) is 0 Å². The zero-order chi connectivity index (χ0) is 13.3. The molecule has 1 fully saturated rings. The van der Waals surface area contributed by atoms with Crippen LogP contribution < -0.4 is 4.90 Å². The lowest BCUT2D eigenvalue weighted by molar-refractivity contribution is -0.129. The third-order valence-corrected chi connectivity index (χ3v) is 3.25. The van der Waals surface area contributed by atoms with Crippen molar-refractivity contribution in [1.82, 2.24) is 4.90 Å². The summed E-state index contributed by atoms with van der Waals surface area (Å²) in [5.41, 5.74) is 0.862. The number of halogens is 1. The molecule has 0 spiro atoms. The Morgan fingerprint density at radius 3 is 2.72 bits per heavy atom. The molecule has 1 amide bonds. The van der Waals surface area contributed by atoms with Gasteiger partial charge in [-0.05, 0) is 19.1 Å². The largest absolute Gasteiger partial charge is 0.389 e. The van der Waals surface area contributed by atoms with E-state index in [-0.39, 0.29) is 18.0 Å². The molecule has 98 valence electrons. The van der Waals surface area contributed by atoms with Gasteiger partial charge < -0.3 is 14.9 Å². The maximum absolute atomic E-state index is 13.7. The first-order valence-corrected chi connectivity index (χ1v) is 5.96. The summed E-state index contributed by atoms with van der Waals surface area (Å²) in [6.45, 7) is 3.00. The third-order valence-electron chi connectivity index (χ3n) is 3.25. The smallest absolute Gasteiger partial charge is 0.241 e. The highest BCUT2D eigenvalue weighted by Gasteiger charge is 2.25. The molecule has 1 unspecified atom stereocenters. The van der Waals surface area contributed by atoms with Crippen LogP contribution in [-0.4, -0.2) is 42.6 Å². The standard InChI is InChI=1S/C13H17FN2O2/c1-9(17)13-10(14)4-3-5-11(13)16-7-6-15(2)12(18)8-16/h3-5,9,17H,6-8H2,1-2H3. The second kappa shape index (κ2) is 4.94. The minimum absolute atomic E-state index is 0.00190. The maximum atomic E-state index is 13.7. The molecule has 1 heterocycles. The van der Waals surface area contributed by atoms with E-state index in [1.54, 1.807) is 24.1 Å². The summed E-state index contributed by atoms with van der Waals surface area (Å²) < 4.78 is 13.7. The molecule has 1 saturated heterocycles. The number of aliphatic hydroxyl groups is 1. The van der Waals surface area contributed by atoms with Gasteiger partial charge in [-0.3, -0.25) is 4.79 Å². The lowest BCUT2D eigenvalue weighted by Gasteiger charge is -2.35. The molecule has 1 aliphatic rings. The summed E-state index contributed by atoms with van der Waals surface area (Å²) in [7, 11) is 1.75. The van der Waals surface area contributed by atoms with Crippen LogP contribution in [0.3, 0.4) is 0 Å². The molecule has 2 rings (SSSR count). The molecule has 18 heavy (non-hydrogen) atoms. The number of carbonyl (C=O) groups excluding carboxylic acids is 1. The monoisotopic (exact) mass is 252 g/mol. The summed E-state index contributed by atoms with van der Waals surface area (Å²) in [6.07, 6.45) is -0.893. The highest BCUT2D eigenvalue weighted by atomic mass is 19.1. The van der Waals surface area contributed by atoms with E-state index in [0.717, 1.165) is 0 Å². The molecule has 0 radical (unpaired) electrons. The predicted octanol–water partition coefficient (Wildman–Crippen LogP) is 1.16. The van der Waals surface area contributed by atoms with Crippen molar-refractivity contribution in [2.45, 2.75) is 13.0 Å². The number of amides is 1. The summed E-state index contributed by atoms with van der Waals surface area (Å²) in [6, 6.07) is 4.66. The van der Waals surface area contributed by atoms with Crippen molar-refractivity contribution in [1.29, 1.82) is 0 Å². The van der Waals surface area contributed by atoms with Crippen LogP contribution in [0.15, 0.2) is 18.2 Å². The number of hydrogen-bond acceptors (Lipinski definition) is 3. The van der Waals surface area contributed by atoms with Gasteiger partial charge in [0.1, 0.15) is 5.82 Å². The Bertz CT molecular complexity index is 462. The summed E-state index contributed by atoms with van der Waals surface area (Å²) >= 11 is 0. The van der Waals surface area contributed by atoms with Gasteiger partial charge in [0.15, 0.2) is 0 Å². The molecule has 5 heteroatoms. The fourth-order valence-corrected chi connectivity index (χ4v) is 2.18. The molecule has 0 aliphatic carbocycles. The van der Waals surface area contributed by atoms with E-state index in [1.165, 1.54) is 13.0 Å². The summed E-state index contributed by atoms with van der Waals surface area (Å²) in [5.74, 6) is -0.434. The number of aliphatic hydroxyl groups excluding tert-OH is 1. The Kier molecular flexibility index (Phi) is 3.52. The average molecular weight is 252 g/mol. The van der Waals surface area contributed by atoms with Crippen molar-refractivity contribution in [3.63, 3.8) is 0 Å². The maximum Gasteiger partial charge on any atom is 0.241 e. The van der Waals surface area contributed by atoms with Crippen molar-refractivity contribution in [3.8, 4) is 0 Å². The van der Waals surface area contributed by atoms with Crippen LogP contribution in [0.4, 0.5) is 10.1 Å². The average Bonchev–Trinajstić information content (AvgIpc) is 2.32. The molecule has 1 N–H and O–H groups in total. The van der Waals surface area contributed by atoms with Crippen molar-refractivity contribution in [2.75, 3.05) is 31.6 Å². The molecule has 0 aromatic heterocycles. The first kappa shape index (κ1) is 12.8. The van der Waals surface area contributed by atoms with E-state index in [1.807, 2.05) is 4.90 Å². The van der Waals surface area contributed by atoms with Gasteiger partial charge in [-0.1, -0.05) is 6.07 Å². The number of rotatable bonds is 2. The van der Waals surface area contributed by atoms with Crippen LogP contribution in [0, 0.1) is 5.82 Å². The number of benzene rings is 1. The number of likely N-dealkylation sites (N-methyl/N-ethyl adjacent to an activating group) is 1. The number of hydrogen-bond donors (Lipinski definition) is 1. The van der Waals surface area contributed by atoms with E-state index >= 15 is 0 Å². The highest BCUT2D eigenvalue weighted by molar-refractivity contribution is 5.83. The first-order chi connectivity index (χ1) is 8.50. The zero-order valence-electron chi connectivity index (χ0n) is 10.6. The first-order valence-electron chi connectivity index (χ1n) is 5.96. The van der Waals surface area contributed by atoms with Crippen LogP contribution >= 0.6 is 0 Å². The second-order valence-corrected chi connectivity index (χ2v) is 4.59. The lowest BCUT2D eigenvalue weighted by Crippen LogP contribution is -2.49. The summed E-state index contributed by atoms with van der Waals surface area (Å²) in [4.78, 5) is 15.1. The van der Waals surface area contributed by atoms with Gasteiger partial charge in [-0.25, -0.2) is 4.39 Å². The Morgan fingerprint density at radius 1 is 1.39 bits per heavy atom. The van der Waals surface area contributed by atoms with Crippen LogP contribution in [0.2, 0.25) is 0 Å². The molecule has 1 aromatic carbocycles. The molecular weight excluding hydrogens is 235 g/mol. The Labute approximate surface area is 106 Å². The Morgan fingerprint density at radius 2 is 2.11 bits per heavy atom. The van der Waals surface area contributed by atoms with Gasteiger partial charge in [0.2, 0.25) is 5.91 Å². The van der Waals surface area contributed by atoms with Gasteiger partial charge in [0.05, 0.1) is 12.6 Å². The number of anilines is 1. The van der Waals surface area contributed by atoms with Gasteiger partial charge in [0, 0.05) is 31.4 Å². The molecule has 0 saturated carbocycles. The van der Waals surface area contributed by atoms with E-state index in [9.17, 15) is 14.3 Å². The molecule has 1 atom stereocenters. The fraction of sp³-hybridized carbons (Fsp3) is 0.462. The quantitative estimate of drug-likeness (QED) is 0.859. The van der Waals surface area contributed by atoms with Gasteiger partial charge in [-0.2, -0.15) is 0 Å². The minimum atomic E-state index is -0.893. The van der Waals surface area contributed by atoms with Gasteiger partial charge in [-0.15, -0.1) is 0 Å². The van der Waals surface area contributed by atoms with Gasteiger partial charge >= 0.3 is 0 Å². The summed E-state index contributed by atoms with van der Waals surface area (Å²) in [5, 5.41) is 9.67. The van der Waals surface area contributed by atoms with Crippen molar-refractivity contribution < 1.29 is 14.3 Å². The highest BCUT2D eigenvalue weighted by Crippen LogP contribution is 2.29. The van der Waals surface area contributed by atoms with Gasteiger partial charge in [0.25, 0.3) is 0 Å². The molecular formula is C13H17FN2O2. The van der Waals surface area contributed by atoms with Crippen LogP contribution in [0.1, 0.15) is 18.6 Å².